The van der Waals surface area contributed by atoms with Gasteiger partial charge in [-0.2, -0.15) is 0 Å². The summed E-state index contributed by atoms with van der Waals surface area (Å²) in [6.45, 7) is 0.557. The van der Waals surface area contributed by atoms with E-state index in [-0.39, 0.29) is 0 Å². The second kappa shape index (κ2) is 5.75. The van der Waals surface area contributed by atoms with Crippen LogP contribution in [0.15, 0.2) is 41.0 Å². The Morgan fingerprint density at radius 1 is 1.18 bits per heavy atom. The highest BCUT2D eigenvalue weighted by molar-refractivity contribution is 9.10. The van der Waals surface area contributed by atoms with Gasteiger partial charge in [-0.3, -0.25) is 0 Å². The fourth-order valence-electron chi connectivity index (χ4n) is 1.40. The molecule has 88 valence electrons. The summed E-state index contributed by atoms with van der Waals surface area (Å²) in [7, 11) is 0. The Morgan fingerprint density at radius 2 is 1.94 bits per heavy atom. The molecule has 0 aliphatic heterocycles. The Labute approximate surface area is 108 Å². The number of benzene rings is 1. The summed E-state index contributed by atoms with van der Waals surface area (Å²) in [5.41, 5.74) is 6.47. The summed E-state index contributed by atoms with van der Waals surface area (Å²) in [6, 6.07) is 9.75. The SMILES string of the molecule is NCCc1nccc(Nc2ccc(Br)cc2)n1. The average Bonchev–Trinajstić information content (AvgIpc) is 2.33. The Kier molecular flexibility index (Phi) is 4.06. The van der Waals surface area contributed by atoms with Crippen LogP contribution in [0.3, 0.4) is 0 Å². The van der Waals surface area contributed by atoms with Crippen LogP contribution in [0.1, 0.15) is 5.82 Å². The van der Waals surface area contributed by atoms with Gasteiger partial charge in [-0.1, -0.05) is 15.9 Å². The van der Waals surface area contributed by atoms with Crippen LogP contribution in [-0.4, -0.2) is 16.5 Å². The number of nitrogens with one attached hydrogen (secondary N) is 1. The highest BCUT2D eigenvalue weighted by atomic mass is 79.9. The van der Waals surface area contributed by atoms with Gasteiger partial charge in [0, 0.05) is 22.8 Å². The fraction of sp³-hybridized carbons (Fsp3) is 0.167. The van der Waals surface area contributed by atoms with Gasteiger partial charge in [-0.05, 0) is 36.9 Å². The molecule has 0 saturated heterocycles. The molecule has 0 radical (unpaired) electrons. The van der Waals surface area contributed by atoms with E-state index in [1.54, 1.807) is 6.20 Å². The minimum absolute atomic E-state index is 0.557. The fourth-order valence-corrected chi connectivity index (χ4v) is 1.66. The molecule has 2 rings (SSSR count). The van der Waals surface area contributed by atoms with Crippen LogP contribution in [0.5, 0.6) is 0 Å². The summed E-state index contributed by atoms with van der Waals surface area (Å²) in [4.78, 5) is 8.51. The summed E-state index contributed by atoms with van der Waals surface area (Å²) in [5, 5.41) is 3.22. The molecule has 1 aromatic heterocycles. The van der Waals surface area contributed by atoms with Crippen LogP contribution in [0.2, 0.25) is 0 Å². The van der Waals surface area contributed by atoms with Gasteiger partial charge in [0.2, 0.25) is 0 Å². The van der Waals surface area contributed by atoms with Gasteiger partial charge in [0.25, 0.3) is 0 Å². The Hall–Kier alpha value is -1.46. The van der Waals surface area contributed by atoms with Gasteiger partial charge in [-0.15, -0.1) is 0 Å². The molecule has 17 heavy (non-hydrogen) atoms. The first-order chi connectivity index (χ1) is 8.28. The van der Waals surface area contributed by atoms with Crippen LogP contribution in [-0.2, 0) is 6.42 Å². The molecule has 0 unspecified atom stereocenters. The smallest absolute Gasteiger partial charge is 0.134 e. The van der Waals surface area contributed by atoms with E-state index in [4.69, 9.17) is 5.73 Å². The zero-order valence-electron chi connectivity index (χ0n) is 9.23. The highest BCUT2D eigenvalue weighted by Crippen LogP contribution is 2.17. The maximum atomic E-state index is 5.47. The van der Waals surface area contributed by atoms with E-state index in [1.807, 2.05) is 30.3 Å². The molecule has 3 N–H and O–H groups in total. The van der Waals surface area contributed by atoms with Crippen molar-refractivity contribution in [3.63, 3.8) is 0 Å². The first kappa shape index (κ1) is 12.0. The molecule has 1 aromatic carbocycles. The molecule has 0 fully saturated rings. The Balaban J connectivity index is 2.12. The maximum Gasteiger partial charge on any atom is 0.134 e. The Bertz CT molecular complexity index is 484. The highest BCUT2D eigenvalue weighted by Gasteiger charge is 1.99. The minimum Gasteiger partial charge on any atom is -0.340 e. The summed E-state index contributed by atoms with van der Waals surface area (Å²) in [6.07, 6.45) is 2.43. The van der Waals surface area contributed by atoms with Crippen molar-refractivity contribution in [3.8, 4) is 0 Å². The van der Waals surface area contributed by atoms with Crippen LogP contribution in [0.4, 0.5) is 11.5 Å². The van der Waals surface area contributed by atoms with Crippen LogP contribution < -0.4 is 11.1 Å². The van der Waals surface area contributed by atoms with Crippen molar-refractivity contribution in [3.05, 3.63) is 46.8 Å². The van der Waals surface area contributed by atoms with E-state index in [2.05, 4.69) is 31.2 Å². The number of hydrogen-bond acceptors (Lipinski definition) is 4. The van der Waals surface area contributed by atoms with E-state index in [0.717, 1.165) is 21.8 Å². The van der Waals surface area contributed by atoms with Crippen LogP contribution in [0.25, 0.3) is 0 Å². The van der Waals surface area contributed by atoms with Crippen molar-refractivity contribution >= 4 is 27.4 Å². The quantitative estimate of drug-likeness (QED) is 0.909. The van der Waals surface area contributed by atoms with Gasteiger partial charge in [-0.25, -0.2) is 9.97 Å². The number of anilines is 2. The van der Waals surface area contributed by atoms with Crippen molar-refractivity contribution in [2.75, 3.05) is 11.9 Å². The van der Waals surface area contributed by atoms with Gasteiger partial charge in [0.05, 0.1) is 0 Å². The molecule has 5 heteroatoms. The van der Waals surface area contributed by atoms with Crippen molar-refractivity contribution in [2.45, 2.75) is 6.42 Å². The molecular formula is C12H13BrN4. The number of halogens is 1. The maximum absolute atomic E-state index is 5.47. The first-order valence-corrected chi connectivity index (χ1v) is 6.12. The average molecular weight is 293 g/mol. The Morgan fingerprint density at radius 3 is 2.65 bits per heavy atom. The second-order valence-electron chi connectivity index (χ2n) is 3.53. The third-order valence-electron chi connectivity index (χ3n) is 2.19. The largest absolute Gasteiger partial charge is 0.340 e. The third-order valence-corrected chi connectivity index (χ3v) is 2.72. The molecule has 0 spiro atoms. The van der Waals surface area contributed by atoms with Crippen LogP contribution in [0, 0.1) is 0 Å². The van der Waals surface area contributed by atoms with Crippen molar-refractivity contribution in [1.82, 2.24) is 9.97 Å². The van der Waals surface area contributed by atoms with Gasteiger partial charge >= 0.3 is 0 Å². The molecule has 4 nitrogen and oxygen atoms in total. The zero-order valence-corrected chi connectivity index (χ0v) is 10.8. The second-order valence-corrected chi connectivity index (χ2v) is 4.44. The van der Waals surface area contributed by atoms with E-state index in [1.165, 1.54) is 0 Å². The molecular weight excluding hydrogens is 280 g/mol. The molecule has 0 aliphatic rings. The molecule has 0 aliphatic carbocycles. The lowest BCUT2D eigenvalue weighted by Gasteiger charge is -2.06. The number of nitrogens with zero attached hydrogens (tertiary/aromatic N) is 2. The topological polar surface area (TPSA) is 63.8 Å². The van der Waals surface area contributed by atoms with E-state index in [9.17, 15) is 0 Å². The van der Waals surface area contributed by atoms with Gasteiger partial charge < -0.3 is 11.1 Å². The number of rotatable bonds is 4. The molecule has 0 bridgehead atoms. The van der Waals surface area contributed by atoms with E-state index < -0.39 is 0 Å². The predicted molar refractivity (Wildman–Crippen MR) is 72.2 cm³/mol. The predicted octanol–water partition coefficient (Wildman–Crippen LogP) is 2.48. The number of nitrogens with two attached hydrogens (primary N) is 1. The van der Waals surface area contributed by atoms with Crippen molar-refractivity contribution in [1.29, 1.82) is 0 Å². The lowest BCUT2D eigenvalue weighted by molar-refractivity contribution is 0.870. The van der Waals surface area contributed by atoms with Crippen molar-refractivity contribution < 1.29 is 0 Å². The molecule has 0 atom stereocenters. The summed E-state index contributed by atoms with van der Waals surface area (Å²) in [5.74, 6) is 1.54. The monoisotopic (exact) mass is 292 g/mol. The number of hydrogen-bond donors (Lipinski definition) is 2. The lowest BCUT2D eigenvalue weighted by atomic mass is 10.3. The first-order valence-electron chi connectivity index (χ1n) is 5.32. The lowest BCUT2D eigenvalue weighted by Crippen LogP contribution is -2.07. The summed E-state index contributed by atoms with van der Waals surface area (Å²) < 4.78 is 1.05. The molecule has 1 heterocycles. The molecule has 0 amide bonds. The molecule has 0 saturated carbocycles. The van der Waals surface area contributed by atoms with Gasteiger partial charge in [0.1, 0.15) is 11.6 Å². The minimum atomic E-state index is 0.557. The van der Waals surface area contributed by atoms with Crippen LogP contribution >= 0.6 is 15.9 Å². The molecule has 2 aromatic rings. The van der Waals surface area contributed by atoms with E-state index in [0.29, 0.717) is 13.0 Å². The number of aromatic nitrogens is 2. The van der Waals surface area contributed by atoms with Gasteiger partial charge in [0.15, 0.2) is 0 Å². The normalized spacial score (nSPS) is 10.2. The zero-order chi connectivity index (χ0) is 12.1. The summed E-state index contributed by atoms with van der Waals surface area (Å²) >= 11 is 3.40. The van der Waals surface area contributed by atoms with Crippen molar-refractivity contribution in [2.24, 2.45) is 5.73 Å². The van der Waals surface area contributed by atoms with E-state index >= 15 is 0 Å². The third kappa shape index (κ3) is 3.51. The standard InChI is InChI=1S/C12H13BrN4/c13-9-1-3-10(4-2-9)16-12-6-8-15-11(17-12)5-7-14/h1-4,6,8H,5,7,14H2,(H,15,16,17).